The van der Waals surface area contributed by atoms with Gasteiger partial charge in [-0.3, -0.25) is 14.8 Å². The van der Waals surface area contributed by atoms with Crippen molar-refractivity contribution in [2.75, 3.05) is 4.72 Å². The number of nitro groups is 1. The first kappa shape index (κ1) is 15.3. The van der Waals surface area contributed by atoms with Crippen molar-refractivity contribution in [1.82, 2.24) is 0 Å². The van der Waals surface area contributed by atoms with Gasteiger partial charge in [0.2, 0.25) is 0 Å². The first-order valence-corrected chi connectivity index (χ1v) is 7.70. The molecule has 0 spiro atoms. The highest BCUT2D eigenvalue weighted by Crippen LogP contribution is 2.27. The van der Waals surface area contributed by atoms with Gasteiger partial charge in [0.05, 0.1) is 10.6 Å². The van der Waals surface area contributed by atoms with E-state index in [1.54, 1.807) is 13.0 Å². The third kappa shape index (κ3) is 3.32. The standard InChI is InChI=1S/C13H11ClN2O4S/c1-9-8-10(14)6-7-11(9)15-21(19,20)13-5-3-2-4-12(13)16(17)18/h2-8,15H,1H3. The van der Waals surface area contributed by atoms with E-state index in [4.69, 9.17) is 11.6 Å². The molecule has 0 atom stereocenters. The van der Waals surface area contributed by atoms with Crippen molar-refractivity contribution in [3.05, 3.63) is 63.2 Å². The van der Waals surface area contributed by atoms with Crippen LogP contribution in [0.5, 0.6) is 0 Å². The number of nitro benzene ring substituents is 1. The fourth-order valence-corrected chi connectivity index (χ4v) is 3.31. The second kappa shape index (κ2) is 5.71. The van der Waals surface area contributed by atoms with Crippen LogP contribution in [0, 0.1) is 17.0 Å². The molecule has 2 aromatic carbocycles. The number of hydrogen-bond acceptors (Lipinski definition) is 4. The topological polar surface area (TPSA) is 89.3 Å². The third-order valence-corrected chi connectivity index (χ3v) is 4.43. The van der Waals surface area contributed by atoms with Crippen molar-refractivity contribution in [2.24, 2.45) is 0 Å². The summed E-state index contributed by atoms with van der Waals surface area (Å²) in [4.78, 5) is 9.81. The van der Waals surface area contributed by atoms with Gasteiger partial charge in [-0.15, -0.1) is 0 Å². The Morgan fingerprint density at radius 1 is 1.19 bits per heavy atom. The van der Waals surface area contributed by atoms with Gasteiger partial charge in [0, 0.05) is 11.1 Å². The normalized spacial score (nSPS) is 11.1. The molecule has 2 rings (SSSR count). The van der Waals surface area contributed by atoms with Crippen LogP contribution in [0.4, 0.5) is 11.4 Å². The molecule has 1 N–H and O–H groups in total. The smallest absolute Gasteiger partial charge is 0.279 e. The molecule has 0 bridgehead atoms. The zero-order valence-electron chi connectivity index (χ0n) is 10.9. The van der Waals surface area contributed by atoms with E-state index in [1.807, 2.05) is 0 Å². The summed E-state index contributed by atoms with van der Waals surface area (Å²) in [6, 6.07) is 9.80. The zero-order valence-corrected chi connectivity index (χ0v) is 12.5. The van der Waals surface area contributed by atoms with E-state index >= 15 is 0 Å². The van der Waals surface area contributed by atoms with Gasteiger partial charge in [-0.25, -0.2) is 8.42 Å². The van der Waals surface area contributed by atoms with Crippen molar-refractivity contribution < 1.29 is 13.3 Å². The average Bonchev–Trinajstić information content (AvgIpc) is 2.42. The Balaban J connectivity index is 2.46. The summed E-state index contributed by atoms with van der Waals surface area (Å²) >= 11 is 5.81. The van der Waals surface area contributed by atoms with Gasteiger partial charge in [0.25, 0.3) is 15.7 Å². The summed E-state index contributed by atoms with van der Waals surface area (Å²) in [5.74, 6) is 0. The molecule has 2 aromatic rings. The van der Waals surface area contributed by atoms with Gasteiger partial charge in [-0.1, -0.05) is 23.7 Å². The number of rotatable bonds is 4. The van der Waals surface area contributed by atoms with Crippen molar-refractivity contribution in [2.45, 2.75) is 11.8 Å². The maximum Gasteiger partial charge on any atom is 0.289 e. The van der Waals surface area contributed by atoms with Crippen molar-refractivity contribution in [3.63, 3.8) is 0 Å². The predicted octanol–water partition coefficient (Wildman–Crippen LogP) is 3.36. The molecule has 0 saturated heterocycles. The van der Waals surface area contributed by atoms with Crippen LogP contribution in [0.25, 0.3) is 0 Å². The van der Waals surface area contributed by atoms with E-state index in [0.29, 0.717) is 16.3 Å². The first-order valence-electron chi connectivity index (χ1n) is 5.83. The Hall–Kier alpha value is -2.12. The molecule has 0 aromatic heterocycles. The SMILES string of the molecule is Cc1cc(Cl)ccc1NS(=O)(=O)c1ccccc1[N+](=O)[O-]. The van der Waals surface area contributed by atoms with Crippen LogP contribution in [0.15, 0.2) is 47.4 Å². The molecule has 0 heterocycles. The number of sulfonamides is 1. The molecule has 21 heavy (non-hydrogen) atoms. The molecule has 0 aliphatic rings. The minimum atomic E-state index is -4.06. The Morgan fingerprint density at radius 2 is 1.86 bits per heavy atom. The van der Waals surface area contributed by atoms with E-state index in [1.165, 1.54) is 30.3 Å². The van der Waals surface area contributed by atoms with Crippen LogP contribution in [0.3, 0.4) is 0 Å². The lowest BCUT2D eigenvalue weighted by molar-refractivity contribution is -0.387. The lowest BCUT2D eigenvalue weighted by Gasteiger charge is -2.11. The summed E-state index contributed by atoms with van der Waals surface area (Å²) in [7, 11) is -4.06. The number of hydrogen-bond donors (Lipinski definition) is 1. The van der Waals surface area contributed by atoms with Gasteiger partial charge in [0.15, 0.2) is 4.90 Å². The minimum absolute atomic E-state index is 0.317. The van der Waals surface area contributed by atoms with Crippen LogP contribution in [-0.4, -0.2) is 13.3 Å². The van der Waals surface area contributed by atoms with E-state index in [2.05, 4.69) is 4.72 Å². The summed E-state index contributed by atoms with van der Waals surface area (Å²) in [6.07, 6.45) is 0. The first-order chi connectivity index (χ1) is 9.81. The van der Waals surface area contributed by atoms with E-state index < -0.39 is 20.6 Å². The maximum atomic E-state index is 12.3. The number of anilines is 1. The quantitative estimate of drug-likeness (QED) is 0.689. The van der Waals surface area contributed by atoms with Crippen molar-refractivity contribution in [1.29, 1.82) is 0 Å². The highest BCUT2D eigenvalue weighted by atomic mass is 35.5. The molecule has 0 fully saturated rings. The van der Waals surface area contributed by atoms with Gasteiger partial charge in [0.1, 0.15) is 0 Å². The lowest BCUT2D eigenvalue weighted by atomic mass is 10.2. The maximum absolute atomic E-state index is 12.3. The molecule has 110 valence electrons. The van der Waals surface area contributed by atoms with E-state index in [0.717, 1.165) is 6.07 Å². The van der Waals surface area contributed by atoms with Crippen LogP contribution in [0.1, 0.15) is 5.56 Å². The van der Waals surface area contributed by atoms with E-state index in [-0.39, 0.29) is 4.90 Å². The fourth-order valence-electron chi connectivity index (χ4n) is 1.78. The molecule has 6 nitrogen and oxygen atoms in total. The lowest BCUT2D eigenvalue weighted by Crippen LogP contribution is -2.15. The number of benzene rings is 2. The summed E-state index contributed by atoms with van der Waals surface area (Å²) < 4.78 is 27.0. The van der Waals surface area contributed by atoms with Crippen LogP contribution in [-0.2, 0) is 10.0 Å². The van der Waals surface area contributed by atoms with Crippen LogP contribution >= 0.6 is 11.6 Å². The van der Waals surface area contributed by atoms with Gasteiger partial charge >= 0.3 is 0 Å². The average molecular weight is 327 g/mol. The zero-order chi connectivity index (χ0) is 15.6. The Bertz CT molecular complexity index is 806. The second-order valence-electron chi connectivity index (χ2n) is 4.29. The summed E-state index contributed by atoms with van der Waals surface area (Å²) in [6.45, 7) is 1.68. The molecule has 0 unspecified atom stereocenters. The van der Waals surface area contributed by atoms with Gasteiger partial charge in [-0.05, 0) is 36.8 Å². The van der Waals surface area contributed by atoms with Crippen molar-refractivity contribution in [3.8, 4) is 0 Å². The highest BCUT2D eigenvalue weighted by Gasteiger charge is 2.25. The highest BCUT2D eigenvalue weighted by molar-refractivity contribution is 7.92. The minimum Gasteiger partial charge on any atom is -0.279 e. The molecule has 0 amide bonds. The Morgan fingerprint density at radius 3 is 2.48 bits per heavy atom. The number of halogens is 1. The summed E-state index contributed by atoms with van der Waals surface area (Å²) in [5, 5.41) is 11.4. The third-order valence-electron chi connectivity index (χ3n) is 2.78. The Kier molecular flexibility index (Phi) is 4.15. The summed E-state index contributed by atoms with van der Waals surface area (Å²) in [5.41, 5.74) is 0.457. The molecule has 0 aliphatic heterocycles. The number of para-hydroxylation sites is 1. The van der Waals surface area contributed by atoms with Gasteiger partial charge < -0.3 is 0 Å². The predicted molar refractivity (Wildman–Crippen MR) is 80.1 cm³/mol. The molecule has 0 saturated carbocycles. The number of aryl methyl sites for hydroxylation is 1. The molecular formula is C13H11ClN2O4S. The van der Waals surface area contributed by atoms with Gasteiger partial charge in [-0.2, -0.15) is 0 Å². The molecular weight excluding hydrogens is 316 g/mol. The second-order valence-corrected chi connectivity index (χ2v) is 6.38. The Labute approximate surface area is 126 Å². The largest absolute Gasteiger partial charge is 0.289 e. The molecule has 8 heteroatoms. The number of nitrogens with one attached hydrogen (secondary N) is 1. The monoisotopic (exact) mass is 326 g/mol. The van der Waals surface area contributed by atoms with Crippen molar-refractivity contribution >= 4 is 33.0 Å². The van der Waals surface area contributed by atoms with E-state index in [9.17, 15) is 18.5 Å². The molecule has 0 aliphatic carbocycles. The molecule has 0 radical (unpaired) electrons. The number of nitrogens with zero attached hydrogens (tertiary/aromatic N) is 1. The van der Waals surface area contributed by atoms with Crippen LogP contribution in [0.2, 0.25) is 5.02 Å². The van der Waals surface area contributed by atoms with Crippen LogP contribution < -0.4 is 4.72 Å². The fraction of sp³-hybridized carbons (Fsp3) is 0.0769.